The third-order valence-corrected chi connectivity index (χ3v) is 2.92. The lowest BCUT2D eigenvalue weighted by atomic mass is 10.1. The maximum atomic E-state index is 5.88. The first-order valence-corrected chi connectivity index (χ1v) is 5.56. The molecule has 18 heavy (non-hydrogen) atoms. The summed E-state index contributed by atoms with van der Waals surface area (Å²) in [5.41, 5.74) is 9.47. The highest BCUT2D eigenvalue weighted by molar-refractivity contribution is 5.88. The Kier molecular flexibility index (Phi) is 2.26. The summed E-state index contributed by atoms with van der Waals surface area (Å²) < 4.78 is 10.4. The molecule has 0 saturated carbocycles. The lowest BCUT2D eigenvalue weighted by Gasteiger charge is -1.98. The molecule has 3 N–H and O–H groups in total. The Morgan fingerprint density at radius 2 is 2.17 bits per heavy atom. The van der Waals surface area contributed by atoms with Crippen LogP contribution in [0.2, 0.25) is 0 Å². The van der Waals surface area contributed by atoms with Crippen LogP contribution in [0.25, 0.3) is 22.5 Å². The summed E-state index contributed by atoms with van der Waals surface area (Å²) in [7, 11) is 1.54. The second-order valence-electron chi connectivity index (χ2n) is 4.17. The molecule has 92 valence electrons. The van der Waals surface area contributed by atoms with Crippen molar-refractivity contribution in [2.24, 2.45) is 0 Å². The summed E-state index contributed by atoms with van der Waals surface area (Å²) in [6, 6.07) is 5.92. The van der Waals surface area contributed by atoms with E-state index in [-0.39, 0.29) is 0 Å². The second-order valence-corrected chi connectivity index (χ2v) is 4.17. The smallest absolute Gasteiger partial charge is 0.305 e. The molecule has 3 aromatic rings. The van der Waals surface area contributed by atoms with Crippen LogP contribution >= 0.6 is 0 Å². The molecule has 0 aliphatic heterocycles. The van der Waals surface area contributed by atoms with Crippen molar-refractivity contribution < 1.29 is 9.15 Å². The van der Waals surface area contributed by atoms with Crippen molar-refractivity contribution in [2.75, 3.05) is 12.8 Å². The normalized spacial score (nSPS) is 11.0. The second kappa shape index (κ2) is 3.80. The number of hydrogen-bond acceptors (Lipinski definition) is 4. The molecule has 0 unspecified atom stereocenters. The minimum atomic E-state index is 0.388. The van der Waals surface area contributed by atoms with Gasteiger partial charge in [-0.05, 0) is 30.7 Å². The molecule has 1 aromatic carbocycles. The van der Waals surface area contributed by atoms with Gasteiger partial charge in [-0.25, -0.2) is 4.98 Å². The highest BCUT2D eigenvalue weighted by Crippen LogP contribution is 2.28. The SMILES string of the molecule is COc1cnc(-c2cc3cc(C)c(N)cc3[nH]2)o1. The maximum Gasteiger partial charge on any atom is 0.305 e. The van der Waals surface area contributed by atoms with Crippen LogP contribution in [0.3, 0.4) is 0 Å². The van der Waals surface area contributed by atoms with Crippen LogP contribution in [0.5, 0.6) is 5.95 Å². The van der Waals surface area contributed by atoms with Gasteiger partial charge in [-0.1, -0.05) is 0 Å². The third kappa shape index (κ3) is 1.60. The number of nitrogens with zero attached hydrogens (tertiary/aromatic N) is 1. The van der Waals surface area contributed by atoms with E-state index in [9.17, 15) is 0 Å². The van der Waals surface area contributed by atoms with E-state index in [0.29, 0.717) is 11.8 Å². The summed E-state index contributed by atoms with van der Waals surface area (Å²) in [5, 5.41) is 1.08. The van der Waals surface area contributed by atoms with Gasteiger partial charge in [0.15, 0.2) is 0 Å². The van der Waals surface area contributed by atoms with Crippen molar-refractivity contribution in [2.45, 2.75) is 6.92 Å². The number of nitrogens with one attached hydrogen (secondary N) is 1. The average Bonchev–Trinajstić information content (AvgIpc) is 2.95. The lowest BCUT2D eigenvalue weighted by Crippen LogP contribution is -1.88. The molecule has 0 bridgehead atoms. The van der Waals surface area contributed by atoms with Crippen molar-refractivity contribution in [3.05, 3.63) is 30.0 Å². The van der Waals surface area contributed by atoms with Crippen LogP contribution in [0.15, 0.2) is 28.8 Å². The fraction of sp³-hybridized carbons (Fsp3) is 0.154. The van der Waals surface area contributed by atoms with E-state index in [1.54, 1.807) is 13.3 Å². The zero-order valence-corrected chi connectivity index (χ0v) is 10.2. The summed E-state index contributed by atoms with van der Waals surface area (Å²) in [4.78, 5) is 7.37. The van der Waals surface area contributed by atoms with E-state index in [4.69, 9.17) is 14.9 Å². The highest BCUT2D eigenvalue weighted by atomic mass is 16.6. The third-order valence-electron chi connectivity index (χ3n) is 2.92. The molecule has 2 heterocycles. The Bertz CT molecular complexity index is 673. The number of nitrogens with two attached hydrogens (primary N) is 1. The predicted molar refractivity (Wildman–Crippen MR) is 69.5 cm³/mol. The van der Waals surface area contributed by atoms with Gasteiger partial charge >= 0.3 is 5.95 Å². The van der Waals surface area contributed by atoms with E-state index in [0.717, 1.165) is 27.8 Å². The number of aromatic amines is 1. The first-order chi connectivity index (χ1) is 8.67. The van der Waals surface area contributed by atoms with E-state index in [1.807, 2.05) is 25.1 Å². The molecule has 0 spiro atoms. The number of H-pyrrole nitrogens is 1. The van der Waals surface area contributed by atoms with Gasteiger partial charge in [0.2, 0.25) is 5.89 Å². The fourth-order valence-electron chi connectivity index (χ4n) is 1.90. The van der Waals surface area contributed by atoms with Crippen LogP contribution < -0.4 is 10.5 Å². The monoisotopic (exact) mass is 243 g/mol. The number of aromatic nitrogens is 2. The number of oxazole rings is 1. The summed E-state index contributed by atoms with van der Waals surface area (Å²) in [6.07, 6.45) is 1.54. The number of aryl methyl sites for hydroxylation is 1. The molecule has 0 radical (unpaired) electrons. The van der Waals surface area contributed by atoms with Crippen molar-refractivity contribution >= 4 is 16.6 Å². The Balaban J connectivity index is 2.13. The number of rotatable bonds is 2. The quantitative estimate of drug-likeness (QED) is 0.678. The fourth-order valence-corrected chi connectivity index (χ4v) is 1.90. The zero-order chi connectivity index (χ0) is 12.7. The Morgan fingerprint density at radius 3 is 2.89 bits per heavy atom. The van der Waals surface area contributed by atoms with Gasteiger partial charge in [-0.3, -0.25) is 0 Å². The average molecular weight is 243 g/mol. The van der Waals surface area contributed by atoms with Crippen LogP contribution in [0.1, 0.15) is 5.56 Å². The van der Waals surface area contributed by atoms with Crippen LogP contribution in [-0.2, 0) is 0 Å². The maximum absolute atomic E-state index is 5.88. The van der Waals surface area contributed by atoms with E-state index < -0.39 is 0 Å². The zero-order valence-electron chi connectivity index (χ0n) is 10.2. The highest BCUT2D eigenvalue weighted by Gasteiger charge is 2.10. The van der Waals surface area contributed by atoms with E-state index in [1.165, 1.54) is 0 Å². The molecular formula is C13H13N3O2. The summed E-state index contributed by atoms with van der Waals surface area (Å²) in [5.74, 6) is 0.888. The molecular weight excluding hydrogens is 230 g/mol. The van der Waals surface area contributed by atoms with Gasteiger partial charge < -0.3 is 19.9 Å². The minimum absolute atomic E-state index is 0.388. The molecule has 3 rings (SSSR count). The minimum Gasteiger partial charge on any atom is -0.467 e. The topological polar surface area (TPSA) is 77.1 Å². The Hall–Kier alpha value is -2.43. The number of ether oxygens (including phenoxy) is 1. The van der Waals surface area contributed by atoms with Crippen LogP contribution in [-0.4, -0.2) is 17.1 Å². The largest absolute Gasteiger partial charge is 0.467 e. The molecule has 5 nitrogen and oxygen atoms in total. The van der Waals surface area contributed by atoms with Gasteiger partial charge in [-0.2, -0.15) is 0 Å². The lowest BCUT2D eigenvalue weighted by molar-refractivity contribution is 0.308. The standard InChI is InChI=1S/C13H13N3O2/c1-7-3-8-4-11(16-10(8)5-9(7)14)13-15-6-12(17-2)18-13/h3-6,16H,14H2,1-2H3. The van der Waals surface area contributed by atoms with Gasteiger partial charge in [0.05, 0.1) is 7.11 Å². The van der Waals surface area contributed by atoms with Crippen molar-refractivity contribution in [1.29, 1.82) is 0 Å². The molecule has 0 atom stereocenters. The number of nitrogen functional groups attached to an aromatic ring is 1. The Morgan fingerprint density at radius 1 is 1.33 bits per heavy atom. The molecule has 0 aliphatic carbocycles. The van der Waals surface area contributed by atoms with Gasteiger partial charge in [-0.15, -0.1) is 0 Å². The first kappa shape index (κ1) is 10.7. The molecule has 5 heteroatoms. The molecule has 0 aliphatic rings. The van der Waals surface area contributed by atoms with Crippen LogP contribution in [0.4, 0.5) is 5.69 Å². The molecule has 0 fully saturated rings. The summed E-state index contributed by atoms with van der Waals surface area (Å²) in [6.45, 7) is 1.98. The Labute approximate surface area is 104 Å². The number of hydrogen-bond donors (Lipinski definition) is 2. The van der Waals surface area contributed by atoms with Crippen molar-refractivity contribution in [3.8, 4) is 17.5 Å². The van der Waals surface area contributed by atoms with Gasteiger partial charge in [0.25, 0.3) is 0 Å². The molecule has 0 saturated heterocycles. The number of benzene rings is 1. The predicted octanol–water partition coefficient (Wildman–Crippen LogP) is 2.72. The van der Waals surface area contributed by atoms with E-state index in [2.05, 4.69) is 9.97 Å². The number of anilines is 1. The molecule has 0 amide bonds. The van der Waals surface area contributed by atoms with Crippen molar-refractivity contribution in [1.82, 2.24) is 9.97 Å². The van der Waals surface area contributed by atoms with Crippen molar-refractivity contribution in [3.63, 3.8) is 0 Å². The summed E-state index contributed by atoms with van der Waals surface area (Å²) >= 11 is 0. The number of fused-ring (bicyclic) bond motifs is 1. The van der Waals surface area contributed by atoms with Gasteiger partial charge in [0.1, 0.15) is 11.9 Å². The van der Waals surface area contributed by atoms with E-state index >= 15 is 0 Å². The van der Waals surface area contributed by atoms with Gasteiger partial charge in [0, 0.05) is 16.6 Å². The molecule has 2 aromatic heterocycles. The number of methoxy groups -OCH3 is 1. The van der Waals surface area contributed by atoms with Crippen LogP contribution in [0, 0.1) is 6.92 Å². The first-order valence-electron chi connectivity index (χ1n) is 5.56.